The highest BCUT2D eigenvalue weighted by atomic mass is 32.2. The van der Waals surface area contributed by atoms with Gasteiger partial charge in [-0.15, -0.1) is 0 Å². The highest BCUT2D eigenvalue weighted by Gasteiger charge is 2.33. The predicted octanol–water partition coefficient (Wildman–Crippen LogP) is 2.23. The normalized spacial score (nSPS) is 15.5. The first-order valence-electron chi connectivity index (χ1n) is 10.1. The van der Waals surface area contributed by atoms with E-state index in [1.54, 1.807) is 17.0 Å². The summed E-state index contributed by atoms with van der Waals surface area (Å²) >= 11 is 0. The quantitative estimate of drug-likeness (QED) is 0.547. The summed E-state index contributed by atoms with van der Waals surface area (Å²) in [6.45, 7) is -2.06. The first-order chi connectivity index (χ1) is 15.7. The van der Waals surface area contributed by atoms with Gasteiger partial charge in [-0.2, -0.15) is 13.1 Å². The van der Waals surface area contributed by atoms with Crippen molar-refractivity contribution in [2.24, 2.45) is 0 Å². The number of sulfonamides is 1. The Hall–Kier alpha value is -2.70. The Morgan fingerprint density at radius 2 is 1.61 bits per heavy atom. The smallest absolute Gasteiger partial charge is 0.387 e. The molecular formula is C21H23F4N3O4S. The van der Waals surface area contributed by atoms with E-state index in [2.05, 4.69) is 10.1 Å². The molecule has 7 nitrogen and oxygen atoms in total. The Bertz CT molecular complexity index is 1040. The summed E-state index contributed by atoms with van der Waals surface area (Å²) < 4.78 is 82.6. The molecule has 1 saturated heterocycles. The minimum atomic E-state index is -4.32. The van der Waals surface area contributed by atoms with Gasteiger partial charge in [-0.1, -0.05) is 18.2 Å². The molecule has 0 aromatic heterocycles. The van der Waals surface area contributed by atoms with Crippen molar-refractivity contribution in [2.45, 2.75) is 17.9 Å². The van der Waals surface area contributed by atoms with Crippen molar-refractivity contribution >= 4 is 15.9 Å². The first-order valence-corrected chi connectivity index (χ1v) is 11.6. The van der Waals surface area contributed by atoms with Crippen LogP contribution in [0.5, 0.6) is 5.75 Å². The van der Waals surface area contributed by atoms with Crippen molar-refractivity contribution in [1.82, 2.24) is 14.5 Å². The van der Waals surface area contributed by atoms with Gasteiger partial charge in [0.2, 0.25) is 15.9 Å². The molecule has 0 atom stereocenters. The number of carbonyl (C=O) groups excluding carboxylic acids is 1. The first kappa shape index (κ1) is 24.9. The van der Waals surface area contributed by atoms with Crippen molar-refractivity contribution in [1.29, 1.82) is 0 Å². The average molecular weight is 489 g/mol. The maximum Gasteiger partial charge on any atom is 0.387 e. The zero-order valence-corrected chi connectivity index (χ0v) is 18.3. The van der Waals surface area contributed by atoms with E-state index in [1.807, 2.05) is 0 Å². The van der Waals surface area contributed by atoms with Gasteiger partial charge in [0, 0.05) is 32.7 Å². The van der Waals surface area contributed by atoms with Crippen LogP contribution in [0.25, 0.3) is 0 Å². The Morgan fingerprint density at radius 3 is 2.18 bits per heavy atom. The number of amides is 1. The fraction of sp³-hybridized carbons (Fsp3) is 0.381. The number of alkyl halides is 2. The van der Waals surface area contributed by atoms with Crippen LogP contribution in [0.4, 0.5) is 17.6 Å². The van der Waals surface area contributed by atoms with Gasteiger partial charge in [0.1, 0.15) is 17.4 Å². The van der Waals surface area contributed by atoms with Gasteiger partial charge in [0.15, 0.2) is 4.90 Å². The minimum absolute atomic E-state index is 0.00355. The summed E-state index contributed by atoms with van der Waals surface area (Å²) in [5, 5.41) is 2.74. The molecule has 33 heavy (non-hydrogen) atoms. The van der Waals surface area contributed by atoms with Crippen LogP contribution in [0.3, 0.4) is 0 Å². The molecular weight excluding hydrogens is 466 g/mol. The van der Waals surface area contributed by atoms with Crippen molar-refractivity contribution in [3.05, 3.63) is 59.7 Å². The molecule has 0 aliphatic carbocycles. The number of ether oxygens (including phenoxy) is 1. The Labute approximate surface area is 189 Å². The van der Waals surface area contributed by atoms with E-state index in [-0.39, 0.29) is 44.4 Å². The molecule has 1 N–H and O–H groups in total. The van der Waals surface area contributed by atoms with Gasteiger partial charge in [0.05, 0.1) is 6.54 Å². The van der Waals surface area contributed by atoms with Crippen LogP contribution in [0.15, 0.2) is 47.4 Å². The van der Waals surface area contributed by atoms with Gasteiger partial charge in [-0.3, -0.25) is 9.69 Å². The molecule has 2 aromatic rings. The summed E-state index contributed by atoms with van der Waals surface area (Å²) in [4.78, 5) is 13.0. The van der Waals surface area contributed by atoms with Crippen molar-refractivity contribution < 1.29 is 35.5 Å². The molecule has 12 heteroatoms. The fourth-order valence-corrected chi connectivity index (χ4v) is 4.96. The van der Waals surface area contributed by atoms with E-state index in [1.165, 1.54) is 12.1 Å². The second-order valence-corrected chi connectivity index (χ2v) is 9.23. The van der Waals surface area contributed by atoms with Gasteiger partial charge in [0.25, 0.3) is 0 Å². The van der Waals surface area contributed by atoms with Crippen LogP contribution in [0.2, 0.25) is 0 Å². The highest BCUT2D eigenvalue weighted by Crippen LogP contribution is 2.23. The van der Waals surface area contributed by atoms with E-state index in [0.717, 1.165) is 28.1 Å². The second-order valence-electron chi connectivity index (χ2n) is 7.35. The summed E-state index contributed by atoms with van der Waals surface area (Å²) in [6, 6.07) is 8.97. The molecule has 0 radical (unpaired) electrons. The van der Waals surface area contributed by atoms with Gasteiger partial charge < -0.3 is 10.1 Å². The maximum atomic E-state index is 13.9. The lowest BCUT2D eigenvalue weighted by Gasteiger charge is -2.33. The van der Waals surface area contributed by atoms with Crippen LogP contribution < -0.4 is 10.1 Å². The number of rotatable bonds is 9. The van der Waals surface area contributed by atoms with Crippen molar-refractivity contribution in [2.75, 3.05) is 39.3 Å². The second kappa shape index (κ2) is 10.9. The molecule has 1 fully saturated rings. The van der Waals surface area contributed by atoms with Gasteiger partial charge >= 0.3 is 6.61 Å². The van der Waals surface area contributed by atoms with E-state index in [0.29, 0.717) is 13.0 Å². The third kappa shape index (κ3) is 6.65. The number of nitrogens with zero attached hydrogens (tertiary/aromatic N) is 2. The van der Waals surface area contributed by atoms with Gasteiger partial charge in [-0.05, 0) is 36.2 Å². The largest absolute Gasteiger partial charge is 0.435 e. The van der Waals surface area contributed by atoms with E-state index >= 15 is 0 Å². The number of halogens is 4. The third-order valence-corrected chi connectivity index (χ3v) is 7.05. The molecule has 0 spiro atoms. The Kier molecular flexibility index (Phi) is 8.27. The third-order valence-electron chi connectivity index (χ3n) is 5.10. The van der Waals surface area contributed by atoms with Crippen LogP contribution in [-0.4, -0.2) is 69.4 Å². The molecule has 0 unspecified atom stereocenters. The molecule has 0 bridgehead atoms. The van der Waals surface area contributed by atoms with Crippen LogP contribution in [0, 0.1) is 11.6 Å². The van der Waals surface area contributed by atoms with Crippen molar-refractivity contribution in [3.8, 4) is 5.75 Å². The molecule has 0 saturated carbocycles. The lowest BCUT2D eigenvalue weighted by Crippen LogP contribution is -2.51. The number of carbonyl (C=O) groups is 1. The summed E-state index contributed by atoms with van der Waals surface area (Å²) in [7, 11) is -4.32. The highest BCUT2D eigenvalue weighted by molar-refractivity contribution is 7.89. The van der Waals surface area contributed by atoms with E-state index in [4.69, 9.17) is 0 Å². The number of piperazine rings is 1. The molecule has 1 heterocycles. The maximum absolute atomic E-state index is 13.9. The van der Waals surface area contributed by atoms with E-state index < -0.39 is 33.2 Å². The fourth-order valence-electron chi connectivity index (χ4n) is 3.43. The zero-order valence-electron chi connectivity index (χ0n) is 17.5. The number of benzene rings is 2. The molecule has 1 aliphatic rings. The summed E-state index contributed by atoms with van der Waals surface area (Å²) in [6.07, 6.45) is 0.487. The molecule has 1 amide bonds. The van der Waals surface area contributed by atoms with E-state index in [9.17, 15) is 30.8 Å². The number of hydrogen-bond acceptors (Lipinski definition) is 5. The SMILES string of the molecule is O=C(CN1CCN(S(=O)(=O)c2c(F)cccc2F)CC1)NCCc1ccc(OC(F)F)cc1. The zero-order chi connectivity index (χ0) is 24.0. The topological polar surface area (TPSA) is 79.0 Å². The minimum Gasteiger partial charge on any atom is -0.435 e. The standard InChI is InChI=1S/C21H23F4N3O4S/c22-17-2-1-3-18(23)20(17)33(30,31)28-12-10-27(11-13-28)14-19(29)26-9-8-15-4-6-16(7-5-15)32-21(24)25/h1-7,21H,8-14H2,(H,26,29). The van der Waals surface area contributed by atoms with Gasteiger partial charge in [-0.25, -0.2) is 17.2 Å². The Morgan fingerprint density at radius 1 is 1.00 bits per heavy atom. The number of hydrogen-bond donors (Lipinski definition) is 1. The predicted molar refractivity (Wildman–Crippen MR) is 111 cm³/mol. The van der Waals surface area contributed by atoms with Crippen LogP contribution in [0.1, 0.15) is 5.56 Å². The lowest BCUT2D eigenvalue weighted by atomic mass is 10.1. The van der Waals surface area contributed by atoms with Crippen LogP contribution in [-0.2, 0) is 21.2 Å². The molecule has 2 aromatic carbocycles. The Balaban J connectivity index is 1.43. The van der Waals surface area contributed by atoms with Crippen LogP contribution >= 0.6 is 0 Å². The molecule has 3 rings (SSSR count). The lowest BCUT2D eigenvalue weighted by molar-refractivity contribution is -0.122. The van der Waals surface area contributed by atoms with Crippen molar-refractivity contribution in [3.63, 3.8) is 0 Å². The number of nitrogens with one attached hydrogen (secondary N) is 1. The average Bonchev–Trinajstić information content (AvgIpc) is 2.75. The molecule has 180 valence electrons. The molecule has 1 aliphatic heterocycles. The summed E-state index contributed by atoms with van der Waals surface area (Å²) in [5.41, 5.74) is 0.830. The summed E-state index contributed by atoms with van der Waals surface area (Å²) in [5.74, 6) is -2.50. The monoisotopic (exact) mass is 489 g/mol.